The summed E-state index contributed by atoms with van der Waals surface area (Å²) in [6.07, 6.45) is 1.62. The average Bonchev–Trinajstić information content (AvgIpc) is 2.88. The Bertz CT molecular complexity index is 1100. The minimum Gasteiger partial charge on any atom is -0.352 e. The van der Waals surface area contributed by atoms with E-state index in [9.17, 15) is 9.59 Å². The molecule has 0 spiro atoms. The van der Waals surface area contributed by atoms with Crippen molar-refractivity contribution in [1.29, 1.82) is 0 Å². The number of thioether (sulfide) groups is 1. The van der Waals surface area contributed by atoms with Gasteiger partial charge >= 0.3 is 0 Å². The van der Waals surface area contributed by atoms with Crippen LogP contribution in [0.15, 0.2) is 83.8 Å². The van der Waals surface area contributed by atoms with Crippen LogP contribution in [0.5, 0.6) is 0 Å². The van der Waals surface area contributed by atoms with Gasteiger partial charge in [0.15, 0.2) is 0 Å². The normalized spacial score (nSPS) is 12.6. The summed E-state index contributed by atoms with van der Waals surface area (Å²) in [4.78, 5) is 30.0. The number of amides is 2. The van der Waals surface area contributed by atoms with Gasteiger partial charge in [-0.3, -0.25) is 9.59 Å². The van der Waals surface area contributed by atoms with Crippen molar-refractivity contribution in [3.05, 3.63) is 101 Å². The Labute approximate surface area is 224 Å². The van der Waals surface area contributed by atoms with E-state index in [0.717, 1.165) is 28.0 Å². The van der Waals surface area contributed by atoms with E-state index in [1.807, 2.05) is 99.6 Å². The number of halogens is 1. The van der Waals surface area contributed by atoms with Crippen molar-refractivity contribution < 1.29 is 9.59 Å². The molecule has 2 amide bonds. The van der Waals surface area contributed by atoms with Crippen molar-refractivity contribution in [1.82, 2.24) is 10.2 Å². The topological polar surface area (TPSA) is 49.4 Å². The molecule has 0 saturated carbocycles. The van der Waals surface area contributed by atoms with E-state index in [-0.39, 0.29) is 17.9 Å². The van der Waals surface area contributed by atoms with Crippen molar-refractivity contribution in [2.24, 2.45) is 0 Å². The maximum absolute atomic E-state index is 13.7. The summed E-state index contributed by atoms with van der Waals surface area (Å²) >= 11 is 7.61. The van der Waals surface area contributed by atoms with Crippen molar-refractivity contribution in [2.75, 3.05) is 5.75 Å². The molecule has 3 aromatic rings. The zero-order valence-electron chi connectivity index (χ0n) is 21.2. The Morgan fingerprint density at radius 1 is 0.944 bits per heavy atom. The smallest absolute Gasteiger partial charge is 0.243 e. The van der Waals surface area contributed by atoms with E-state index in [2.05, 4.69) is 5.32 Å². The zero-order valence-corrected chi connectivity index (χ0v) is 22.8. The maximum Gasteiger partial charge on any atom is 0.243 e. The van der Waals surface area contributed by atoms with E-state index < -0.39 is 6.04 Å². The molecule has 0 aromatic heterocycles. The van der Waals surface area contributed by atoms with Gasteiger partial charge in [0.1, 0.15) is 6.04 Å². The molecule has 0 aliphatic heterocycles. The first kappa shape index (κ1) is 27.8. The van der Waals surface area contributed by atoms with Crippen LogP contribution in [0.3, 0.4) is 0 Å². The monoisotopic (exact) mass is 522 g/mol. The Morgan fingerprint density at radius 3 is 2.25 bits per heavy atom. The maximum atomic E-state index is 13.7. The second kappa shape index (κ2) is 14.1. The molecular weight excluding hydrogens is 488 g/mol. The van der Waals surface area contributed by atoms with E-state index in [0.29, 0.717) is 30.2 Å². The fraction of sp³-hybridized carbons (Fsp3) is 0.333. The lowest BCUT2D eigenvalue weighted by molar-refractivity contribution is -0.141. The summed E-state index contributed by atoms with van der Waals surface area (Å²) in [6, 6.07) is 25.1. The van der Waals surface area contributed by atoms with Gasteiger partial charge in [-0.15, -0.1) is 11.8 Å². The highest BCUT2D eigenvalue weighted by Crippen LogP contribution is 2.23. The molecule has 0 aliphatic rings. The molecule has 1 N–H and O–H groups in total. The summed E-state index contributed by atoms with van der Waals surface area (Å²) in [5, 5.41) is 3.81. The Kier molecular flexibility index (Phi) is 10.9. The summed E-state index contributed by atoms with van der Waals surface area (Å²) in [5.41, 5.74) is 3.19. The molecule has 0 fully saturated rings. The summed E-state index contributed by atoms with van der Waals surface area (Å²) in [6.45, 7) is 6.46. The lowest BCUT2D eigenvalue weighted by atomic mass is 10.0. The second-order valence-corrected chi connectivity index (χ2v) is 10.7. The number of hydrogen-bond donors (Lipinski definition) is 1. The SMILES string of the molecule is CC[C@H](C)NC(=O)[C@H](Cc1ccccc1)N(Cc1ccc(C)cc1)C(=O)CCSc1ccc(Cl)cc1. The molecular formula is C30H35ClN2O2S. The van der Waals surface area contributed by atoms with Crippen LogP contribution in [-0.4, -0.2) is 34.6 Å². The number of rotatable bonds is 12. The number of hydrogen-bond acceptors (Lipinski definition) is 3. The molecule has 36 heavy (non-hydrogen) atoms. The first-order chi connectivity index (χ1) is 17.4. The van der Waals surface area contributed by atoms with Gasteiger partial charge in [0.05, 0.1) is 0 Å². The lowest BCUT2D eigenvalue weighted by Crippen LogP contribution is -2.52. The van der Waals surface area contributed by atoms with Crippen LogP contribution >= 0.6 is 23.4 Å². The summed E-state index contributed by atoms with van der Waals surface area (Å²) in [5.74, 6) is 0.479. The first-order valence-corrected chi connectivity index (χ1v) is 13.8. The average molecular weight is 523 g/mol. The van der Waals surface area contributed by atoms with Gasteiger partial charge in [0.2, 0.25) is 11.8 Å². The van der Waals surface area contributed by atoms with Gasteiger partial charge in [-0.1, -0.05) is 78.7 Å². The molecule has 0 heterocycles. The third kappa shape index (κ3) is 8.72. The van der Waals surface area contributed by atoms with Crippen molar-refractivity contribution in [3.8, 4) is 0 Å². The van der Waals surface area contributed by atoms with E-state index in [1.165, 1.54) is 0 Å². The number of aryl methyl sites for hydroxylation is 1. The Morgan fingerprint density at radius 2 is 1.61 bits per heavy atom. The molecule has 3 aromatic carbocycles. The third-order valence-corrected chi connectivity index (χ3v) is 7.41. The zero-order chi connectivity index (χ0) is 25.9. The van der Waals surface area contributed by atoms with E-state index >= 15 is 0 Å². The highest BCUT2D eigenvalue weighted by Gasteiger charge is 2.30. The number of carbonyl (C=O) groups is 2. The Hall–Kier alpha value is -2.76. The number of benzene rings is 3. The molecule has 0 bridgehead atoms. The van der Waals surface area contributed by atoms with Crippen LogP contribution in [0.4, 0.5) is 0 Å². The molecule has 190 valence electrons. The van der Waals surface area contributed by atoms with E-state index in [1.54, 1.807) is 16.7 Å². The molecule has 4 nitrogen and oxygen atoms in total. The van der Waals surface area contributed by atoms with Crippen LogP contribution in [0.1, 0.15) is 43.4 Å². The van der Waals surface area contributed by atoms with E-state index in [4.69, 9.17) is 11.6 Å². The molecule has 0 saturated heterocycles. The molecule has 0 unspecified atom stereocenters. The van der Waals surface area contributed by atoms with Gasteiger partial charge in [0, 0.05) is 41.1 Å². The summed E-state index contributed by atoms with van der Waals surface area (Å²) < 4.78 is 0. The van der Waals surface area contributed by atoms with Crippen LogP contribution in [-0.2, 0) is 22.6 Å². The van der Waals surface area contributed by atoms with Crippen LogP contribution in [0.2, 0.25) is 5.02 Å². The fourth-order valence-electron chi connectivity index (χ4n) is 3.82. The van der Waals surface area contributed by atoms with Gasteiger partial charge in [-0.05, 0) is 55.7 Å². The minimum atomic E-state index is -0.601. The first-order valence-electron chi connectivity index (χ1n) is 12.4. The lowest BCUT2D eigenvalue weighted by Gasteiger charge is -2.32. The quantitative estimate of drug-likeness (QED) is 0.270. The number of carbonyl (C=O) groups excluding carboxylic acids is 2. The van der Waals surface area contributed by atoms with Gasteiger partial charge < -0.3 is 10.2 Å². The van der Waals surface area contributed by atoms with Crippen molar-refractivity contribution in [2.45, 2.75) is 63.6 Å². The number of nitrogens with one attached hydrogen (secondary N) is 1. The van der Waals surface area contributed by atoms with Gasteiger partial charge in [-0.2, -0.15) is 0 Å². The van der Waals surface area contributed by atoms with Crippen LogP contribution in [0, 0.1) is 6.92 Å². The molecule has 0 aliphatic carbocycles. The number of nitrogens with zero attached hydrogens (tertiary/aromatic N) is 1. The highest BCUT2D eigenvalue weighted by atomic mass is 35.5. The minimum absolute atomic E-state index is 0.0303. The highest BCUT2D eigenvalue weighted by molar-refractivity contribution is 7.99. The van der Waals surface area contributed by atoms with Crippen molar-refractivity contribution >= 4 is 35.2 Å². The van der Waals surface area contributed by atoms with Crippen molar-refractivity contribution in [3.63, 3.8) is 0 Å². The third-order valence-electron chi connectivity index (χ3n) is 6.14. The fourth-order valence-corrected chi connectivity index (χ4v) is 4.78. The second-order valence-electron chi connectivity index (χ2n) is 9.08. The molecule has 3 rings (SSSR count). The molecule has 0 radical (unpaired) electrons. The van der Waals surface area contributed by atoms with Gasteiger partial charge in [0.25, 0.3) is 0 Å². The van der Waals surface area contributed by atoms with Crippen LogP contribution < -0.4 is 5.32 Å². The summed E-state index contributed by atoms with van der Waals surface area (Å²) in [7, 11) is 0. The molecule has 2 atom stereocenters. The van der Waals surface area contributed by atoms with Gasteiger partial charge in [-0.25, -0.2) is 0 Å². The standard InChI is InChI=1S/C30H35ClN2O2S/c1-4-23(3)32-30(35)28(20-24-8-6-5-7-9-24)33(21-25-12-10-22(2)11-13-25)29(34)18-19-36-27-16-14-26(31)15-17-27/h5-17,23,28H,4,18-21H2,1-3H3,(H,32,35)/t23-,28-/m0/s1. The van der Waals surface area contributed by atoms with Crippen LogP contribution in [0.25, 0.3) is 0 Å². The largest absolute Gasteiger partial charge is 0.352 e. The molecule has 6 heteroatoms. The Balaban J connectivity index is 1.84. The predicted molar refractivity (Wildman–Crippen MR) is 150 cm³/mol. The predicted octanol–water partition coefficient (Wildman–Crippen LogP) is 6.69.